The fourth-order valence-electron chi connectivity index (χ4n) is 1.60. The summed E-state index contributed by atoms with van der Waals surface area (Å²) in [5.74, 6) is 0.566. The molecule has 1 aromatic heterocycles. The minimum atomic E-state index is -0.432. The fraction of sp³-hybridized carbons (Fsp3) is 0.538. The van der Waals surface area contributed by atoms with Crippen LogP contribution >= 0.6 is 0 Å². The molecule has 0 aromatic carbocycles. The monoisotopic (exact) mass is 250 g/mol. The summed E-state index contributed by atoms with van der Waals surface area (Å²) in [6, 6.07) is 4.79. The molecule has 0 saturated carbocycles. The molecule has 0 saturated heterocycles. The number of nitrogens with one attached hydrogen (secondary N) is 1. The van der Waals surface area contributed by atoms with E-state index in [0.717, 1.165) is 0 Å². The number of carbonyl (C=O) groups is 1. The molecular formula is C13H18N2O3. The minimum absolute atomic E-state index is 0.261. The summed E-state index contributed by atoms with van der Waals surface area (Å²) >= 11 is 0. The van der Waals surface area contributed by atoms with Crippen LogP contribution in [0.2, 0.25) is 0 Å². The SMILES string of the molecule is COC(=O)[C@H](NCc1ccc(C#N)o1)C(C)(C)C. The van der Waals surface area contributed by atoms with E-state index in [0.29, 0.717) is 12.3 Å². The molecule has 5 heteroatoms. The molecule has 0 aliphatic carbocycles. The van der Waals surface area contributed by atoms with Crippen molar-refractivity contribution in [3.8, 4) is 6.07 Å². The first-order valence-electron chi connectivity index (χ1n) is 5.68. The van der Waals surface area contributed by atoms with Gasteiger partial charge in [-0.2, -0.15) is 5.26 Å². The van der Waals surface area contributed by atoms with Gasteiger partial charge in [-0.25, -0.2) is 0 Å². The lowest BCUT2D eigenvalue weighted by molar-refractivity contribution is -0.146. The molecule has 0 amide bonds. The molecular weight excluding hydrogens is 232 g/mol. The Morgan fingerprint density at radius 1 is 1.56 bits per heavy atom. The van der Waals surface area contributed by atoms with E-state index < -0.39 is 6.04 Å². The summed E-state index contributed by atoms with van der Waals surface area (Å²) in [6.07, 6.45) is 0. The fourth-order valence-corrected chi connectivity index (χ4v) is 1.60. The lowest BCUT2D eigenvalue weighted by Crippen LogP contribution is -2.46. The first kappa shape index (κ1) is 14.3. The summed E-state index contributed by atoms with van der Waals surface area (Å²) in [5, 5.41) is 11.7. The molecule has 1 aromatic rings. The van der Waals surface area contributed by atoms with E-state index in [1.54, 1.807) is 12.1 Å². The normalized spacial score (nSPS) is 12.8. The molecule has 0 aliphatic rings. The highest BCUT2D eigenvalue weighted by molar-refractivity contribution is 5.76. The Labute approximate surface area is 107 Å². The third kappa shape index (κ3) is 3.60. The summed E-state index contributed by atoms with van der Waals surface area (Å²) < 4.78 is 10.0. The molecule has 0 radical (unpaired) electrons. The van der Waals surface area contributed by atoms with Crippen LogP contribution in [0.1, 0.15) is 32.3 Å². The van der Waals surface area contributed by atoms with Gasteiger partial charge in [0, 0.05) is 0 Å². The van der Waals surface area contributed by atoms with E-state index in [1.807, 2.05) is 26.8 Å². The molecule has 0 unspecified atom stereocenters. The Hall–Kier alpha value is -1.80. The molecule has 5 nitrogen and oxygen atoms in total. The van der Waals surface area contributed by atoms with Crippen molar-refractivity contribution in [3.63, 3.8) is 0 Å². The summed E-state index contributed by atoms with van der Waals surface area (Å²) in [5.41, 5.74) is -0.266. The molecule has 1 atom stereocenters. The van der Waals surface area contributed by atoms with Gasteiger partial charge in [-0.3, -0.25) is 10.1 Å². The van der Waals surface area contributed by atoms with E-state index in [2.05, 4.69) is 5.32 Å². The van der Waals surface area contributed by atoms with Crippen LogP contribution < -0.4 is 5.32 Å². The number of rotatable bonds is 4. The van der Waals surface area contributed by atoms with Crippen LogP contribution in [-0.2, 0) is 16.1 Å². The predicted octanol–water partition coefficient (Wildman–Crippen LogP) is 1.83. The minimum Gasteiger partial charge on any atom is -0.468 e. The molecule has 1 N–H and O–H groups in total. The zero-order valence-electron chi connectivity index (χ0n) is 11.1. The van der Waals surface area contributed by atoms with Gasteiger partial charge in [-0.15, -0.1) is 0 Å². The first-order valence-corrected chi connectivity index (χ1v) is 5.68. The largest absolute Gasteiger partial charge is 0.468 e. The van der Waals surface area contributed by atoms with Gasteiger partial charge in [0.1, 0.15) is 17.9 Å². The van der Waals surface area contributed by atoms with Crippen LogP contribution in [0.15, 0.2) is 16.5 Å². The molecule has 1 heterocycles. The van der Waals surface area contributed by atoms with Crippen LogP contribution in [0.4, 0.5) is 0 Å². The van der Waals surface area contributed by atoms with Gasteiger partial charge in [0.25, 0.3) is 0 Å². The van der Waals surface area contributed by atoms with Crippen molar-refractivity contribution in [1.82, 2.24) is 5.32 Å². The second-order valence-corrected chi connectivity index (χ2v) is 5.08. The second kappa shape index (κ2) is 5.69. The Bertz CT molecular complexity index is 452. The Balaban J connectivity index is 2.68. The van der Waals surface area contributed by atoms with Gasteiger partial charge in [0.2, 0.25) is 5.76 Å². The number of ether oxygens (including phenoxy) is 1. The molecule has 1 rings (SSSR count). The van der Waals surface area contributed by atoms with Gasteiger partial charge >= 0.3 is 5.97 Å². The Morgan fingerprint density at radius 3 is 2.67 bits per heavy atom. The maximum absolute atomic E-state index is 11.7. The number of nitriles is 1. The lowest BCUT2D eigenvalue weighted by atomic mass is 9.86. The van der Waals surface area contributed by atoms with Crippen LogP contribution in [0.25, 0.3) is 0 Å². The number of carbonyl (C=O) groups excluding carboxylic acids is 1. The van der Waals surface area contributed by atoms with Crippen molar-refractivity contribution >= 4 is 5.97 Å². The average Bonchev–Trinajstić information content (AvgIpc) is 2.75. The van der Waals surface area contributed by atoms with Crippen LogP contribution in [-0.4, -0.2) is 19.1 Å². The van der Waals surface area contributed by atoms with Gasteiger partial charge in [-0.1, -0.05) is 20.8 Å². The van der Waals surface area contributed by atoms with Crippen molar-refractivity contribution in [2.75, 3.05) is 7.11 Å². The quantitative estimate of drug-likeness (QED) is 0.825. The predicted molar refractivity (Wildman–Crippen MR) is 65.5 cm³/mol. The van der Waals surface area contributed by atoms with E-state index >= 15 is 0 Å². The number of methoxy groups -OCH3 is 1. The number of hydrogen-bond donors (Lipinski definition) is 1. The second-order valence-electron chi connectivity index (χ2n) is 5.08. The third-order valence-electron chi connectivity index (χ3n) is 2.56. The number of hydrogen-bond acceptors (Lipinski definition) is 5. The van der Waals surface area contributed by atoms with Gasteiger partial charge in [0.05, 0.1) is 13.7 Å². The van der Waals surface area contributed by atoms with E-state index in [4.69, 9.17) is 14.4 Å². The van der Waals surface area contributed by atoms with Crippen LogP contribution in [0.5, 0.6) is 0 Å². The Morgan fingerprint density at radius 2 is 2.22 bits per heavy atom. The van der Waals surface area contributed by atoms with Crippen LogP contribution in [0, 0.1) is 16.7 Å². The maximum atomic E-state index is 11.7. The van der Waals surface area contributed by atoms with Crippen molar-refractivity contribution in [1.29, 1.82) is 5.26 Å². The number of nitrogens with zero attached hydrogens (tertiary/aromatic N) is 1. The van der Waals surface area contributed by atoms with Crippen molar-refractivity contribution in [2.24, 2.45) is 5.41 Å². The highest BCUT2D eigenvalue weighted by Crippen LogP contribution is 2.21. The molecule has 0 aliphatic heterocycles. The lowest BCUT2D eigenvalue weighted by Gasteiger charge is -2.28. The summed E-state index contributed by atoms with van der Waals surface area (Å²) in [6.45, 7) is 6.22. The molecule has 0 bridgehead atoms. The molecule has 0 spiro atoms. The number of esters is 1. The maximum Gasteiger partial charge on any atom is 0.323 e. The third-order valence-corrected chi connectivity index (χ3v) is 2.56. The smallest absolute Gasteiger partial charge is 0.323 e. The topological polar surface area (TPSA) is 75.3 Å². The molecule has 18 heavy (non-hydrogen) atoms. The highest BCUT2D eigenvalue weighted by atomic mass is 16.5. The highest BCUT2D eigenvalue weighted by Gasteiger charge is 2.31. The zero-order valence-corrected chi connectivity index (χ0v) is 11.1. The molecule has 98 valence electrons. The van der Waals surface area contributed by atoms with Crippen molar-refractivity contribution < 1.29 is 13.9 Å². The zero-order chi connectivity index (χ0) is 13.8. The standard InChI is InChI=1S/C13H18N2O3/c1-13(2,3)11(12(16)17-4)15-8-10-6-5-9(7-14)18-10/h5-6,11,15H,8H2,1-4H3/t11-/m0/s1. The summed E-state index contributed by atoms with van der Waals surface area (Å²) in [4.78, 5) is 11.7. The molecule has 0 fully saturated rings. The Kier molecular flexibility index (Phi) is 4.51. The van der Waals surface area contributed by atoms with Crippen molar-refractivity contribution in [3.05, 3.63) is 23.7 Å². The number of furan rings is 1. The van der Waals surface area contributed by atoms with E-state index in [-0.39, 0.29) is 17.1 Å². The van der Waals surface area contributed by atoms with E-state index in [9.17, 15) is 4.79 Å². The van der Waals surface area contributed by atoms with Gasteiger partial charge in [-0.05, 0) is 17.5 Å². The van der Waals surface area contributed by atoms with Crippen molar-refractivity contribution in [2.45, 2.75) is 33.4 Å². The van der Waals surface area contributed by atoms with Gasteiger partial charge in [0.15, 0.2) is 0 Å². The summed E-state index contributed by atoms with van der Waals surface area (Å²) in [7, 11) is 1.36. The van der Waals surface area contributed by atoms with E-state index in [1.165, 1.54) is 7.11 Å². The first-order chi connectivity index (χ1) is 8.38. The van der Waals surface area contributed by atoms with Crippen LogP contribution in [0.3, 0.4) is 0 Å². The van der Waals surface area contributed by atoms with Gasteiger partial charge < -0.3 is 9.15 Å². The average molecular weight is 250 g/mol.